The van der Waals surface area contributed by atoms with Crippen LogP contribution in [0.25, 0.3) is 0 Å². The van der Waals surface area contributed by atoms with Gasteiger partial charge in [0.1, 0.15) is 18.3 Å². The third-order valence-corrected chi connectivity index (χ3v) is 9.36. The van der Waals surface area contributed by atoms with Crippen LogP contribution in [-0.2, 0) is 18.6 Å². The SMILES string of the molecule is CC1(C)OC2C(Cl)OC(CO[Si](C)(C)C(C)(C)C)C2O1. The second kappa shape index (κ2) is 5.21. The zero-order chi connectivity index (χ0) is 15.3. The summed E-state index contributed by atoms with van der Waals surface area (Å²) in [6, 6.07) is 0. The number of ether oxygens (including phenoxy) is 3. The topological polar surface area (TPSA) is 36.9 Å². The van der Waals surface area contributed by atoms with Crippen molar-refractivity contribution in [3.05, 3.63) is 0 Å². The average Bonchev–Trinajstić information content (AvgIpc) is 2.70. The lowest BCUT2D eigenvalue weighted by Crippen LogP contribution is -2.44. The maximum atomic E-state index is 6.22. The minimum Gasteiger partial charge on any atom is -0.414 e. The van der Waals surface area contributed by atoms with E-state index in [4.69, 9.17) is 30.2 Å². The van der Waals surface area contributed by atoms with Crippen LogP contribution in [0.3, 0.4) is 0 Å². The third-order valence-electron chi connectivity index (χ3n) is 4.51. The summed E-state index contributed by atoms with van der Waals surface area (Å²) >= 11 is 6.20. The van der Waals surface area contributed by atoms with Crippen LogP contribution in [0, 0.1) is 0 Å². The predicted octanol–water partition coefficient (Wildman–Crippen LogP) is 3.49. The summed E-state index contributed by atoms with van der Waals surface area (Å²) < 4.78 is 23.7. The van der Waals surface area contributed by atoms with Crippen molar-refractivity contribution in [2.45, 2.75) is 82.4 Å². The Hall–Kier alpha value is 0.347. The Labute approximate surface area is 128 Å². The van der Waals surface area contributed by atoms with Gasteiger partial charge < -0.3 is 18.6 Å². The van der Waals surface area contributed by atoms with Gasteiger partial charge in [-0.2, -0.15) is 0 Å². The van der Waals surface area contributed by atoms with E-state index in [1.165, 1.54) is 0 Å². The van der Waals surface area contributed by atoms with E-state index in [-0.39, 0.29) is 23.4 Å². The van der Waals surface area contributed by atoms with E-state index in [0.29, 0.717) is 6.61 Å². The number of halogens is 1. The Bertz CT molecular complexity index is 367. The summed E-state index contributed by atoms with van der Waals surface area (Å²) in [4.78, 5) is 0. The van der Waals surface area contributed by atoms with E-state index in [0.717, 1.165) is 0 Å². The summed E-state index contributed by atoms with van der Waals surface area (Å²) in [7, 11) is -1.79. The summed E-state index contributed by atoms with van der Waals surface area (Å²) in [5, 5.41) is 0.178. The molecule has 4 unspecified atom stereocenters. The first kappa shape index (κ1) is 16.7. The molecule has 2 aliphatic rings. The van der Waals surface area contributed by atoms with Gasteiger partial charge in [0.15, 0.2) is 19.7 Å². The standard InChI is InChI=1S/C14H27ClO4Si/c1-13(2,3)20(6,7)16-8-9-10-11(12(15)17-9)19-14(4,5)18-10/h9-12H,8H2,1-7H3. The molecule has 0 aromatic heterocycles. The van der Waals surface area contributed by atoms with Gasteiger partial charge in [0, 0.05) is 0 Å². The molecule has 0 bridgehead atoms. The predicted molar refractivity (Wildman–Crippen MR) is 81.5 cm³/mol. The lowest BCUT2D eigenvalue weighted by Gasteiger charge is -2.37. The molecule has 2 fully saturated rings. The summed E-state index contributed by atoms with van der Waals surface area (Å²) in [5.74, 6) is -0.596. The van der Waals surface area contributed by atoms with Gasteiger partial charge >= 0.3 is 0 Å². The molecule has 6 heteroatoms. The second-order valence-electron chi connectivity index (χ2n) is 7.66. The lowest BCUT2D eigenvalue weighted by molar-refractivity contribution is -0.181. The first-order valence-corrected chi connectivity index (χ1v) is 10.6. The molecule has 118 valence electrons. The fraction of sp³-hybridized carbons (Fsp3) is 1.00. The molecule has 2 rings (SSSR count). The van der Waals surface area contributed by atoms with E-state index in [9.17, 15) is 0 Å². The maximum Gasteiger partial charge on any atom is 0.192 e. The minimum absolute atomic E-state index is 0.141. The number of hydrogen-bond acceptors (Lipinski definition) is 4. The fourth-order valence-electron chi connectivity index (χ4n) is 2.27. The Kier molecular flexibility index (Phi) is 4.36. The van der Waals surface area contributed by atoms with Crippen LogP contribution >= 0.6 is 11.6 Å². The van der Waals surface area contributed by atoms with Gasteiger partial charge in [0.05, 0.1) is 6.61 Å². The average molecular weight is 323 g/mol. The highest BCUT2D eigenvalue weighted by molar-refractivity contribution is 6.74. The second-order valence-corrected chi connectivity index (χ2v) is 12.9. The zero-order valence-corrected chi connectivity index (χ0v) is 15.3. The summed E-state index contributed by atoms with van der Waals surface area (Å²) in [6.07, 6.45) is -0.504. The van der Waals surface area contributed by atoms with Gasteiger partial charge in [-0.15, -0.1) is 0 Å². The molecule has 2 heterocycles. The van der Waals surface area contributed by atoms with Crippen molar-refractivity contribution in [3.8, 4) is 0 Å². The van der Waals surface area contributed by atoms with Crippen LogP contribution in [0.15, 0.2) is 0 Å². The summed E-state index contributed by atoms with van der Waals surface area (Å²) in [6.45, 7) is 15.4. The van der Waals surface area contributed by atoms with Crippen molar-refractivity contribution in [3.63, 3.8) is 0 Å². The molecule has 0 aromatic carbocycles. The molecular weight excluding hydrogens is 296 g/mol. The molecule has 20 heavy (non-hydrogen) atoms. The Balaban J connectivity index is 1.98. The van der Waals surface area contributed by atoms with Crippen LogP contribution < -0.4 is 0 Å². The highest BCUT2D eigenvalue weighted by Gasteiger charge is 2.55. The Morgan fingerprint density at radius 2 is 1.70 bits per heavy atom. The highest BCUT2D eigenvalue weighted by atomic mass is 35.5. The minimum atomic E-state index is -1.79. The number of hydrogen-bond donors (Lipinski definition) is 0. The van der Waals surface area contributed by atoms with Crippen LogP contribution in [0.1, 0.15) is 34.6 Å². The summed E-state index contributed by atoms with van der Waals surface area (Å²) in [5.41, 5.74) is -0.463. The molecule has 4 atom stereocenters. The smallest absolute Gasteiger partial charge is 0.192 e. The quantitative estimate of drug-likeness (QED) is 0.588. The van der Waals surface area contributed by atoms with Gasteiger partial charge in [-0.3, -0.25) is 0 Å². The van der Waals surface area contributed by atoms with Gasteiger partial charge in [0.2, 0.25) is 0 Å². The molecule has 2 saturated heterocycles. The van der Waals surface area contributed by atoms with Gasteiger partial charge in [-0.05, 0) is 32.0 Å². The molecule has 0 aliphatic carbocycles. The van der Waals surface area contributed by atoms with Crippen LogP contribution in [0.5, 0.6) is 0 Å². The van der Waals surface area contributed by atoms with Crippen molar-refractivity contribution in [1.82, 2.24) is 0 Å². The largest absolute Gasteiger partial charge is 0.414 e. The first-order valence-electron chi connectivity index (χ1n) is 7.22. The van der Waals surface area contributed by atoms with E-state index < -0.39 is 19.7 Å². The van der Waals surface area contributed by atoms with Crippen LogP contribution in [0.2, 0.25) is 18.1 Å². The van der Waals surface area contributed by atoms with E-state index in [2.05, 4.69) is 33.9 Å². The molecular formula is C14H27ClO4Si. The first-order chi connectivity index (χ1) is 8.93. The van der Waals surface area contributed by atoms with Gasteiger partial charge in [-0.1, -0.05) is 32.4 Å². The van der Waals surface area contributed by atoms with Crippen LogP contribution in [-0.4, -0.2) is 44.6 Å². The van der Waals surface area contributed by atoms with E-state index >= 15 is 0 Å². The molecule has 2 aliphatic heterocycles. The lowest BCUT2D eigenvalue weighted by atomic mass is 10.2. The molecule has 4 nitrogen and oxygen atoms in total. The van der Waals surface area contributed by atoms with E-state index in [1.54, 1.807) is 0 Å². The van der Waals surface area contributed by atoms with Crippen molar-refractivity contribution in [1.29, 1.82) is 0 Å². The Morgan fingerprint density at radius 3 is 2.25 bits per heavy atom. The number of fused-ring (bicyclic) bond motifs is 1. The van der Waals surface area contributed by atoms with Gasteiger partial charge in [0.25, 0.3) is 0 Å². The Morgan fingerprint density at radius 1 is 1.15 bits per heavy atom. The zero-order valence-electron chi connectivity index (χ0n) is 13.5. The molecule has 0 amide bonds. The number of rotatable bonds is 3. The number of alkyl halides is 1. The van der Waals surface area contributed by atoms with Crippen molar-refractivity contribution in [2.24, 2.45) is 0 Å². The fourth-order valence-corrected chi connectivity index (χ4v) is 3.61. The van der Waals surface area contributed by atoms with Crippen molar-refractivity contribution < 1.29 is 18.6 Å². The molecule has 0 spiro atoms. The third kappa shape index (κ3) is 3.23. The maximum absolute atomic E-state index is 6.22. The van der Waals surface area contributed by atoms with Crippen molar-refractivity contribution >= 4 is 19.9 Å². The van der Waals surface area contributed by atoms with Crippen LogP contribution in [0.4, 0.5) is 0 Å². The molecule has 0 N–H and O–H groups in total. The van der Waals surface area contributed by atoms with Gasteiger partial charge in [-0.25, -0.2) is 0 Å². The molecule has 0 saturated carbocycles. The molecule has 0 aromatic rings. The van der Waals surface area contributed by atoms with E-state index in [1.807, 2.05) is 13.8 Å². The molecule has 0 radical (unpaired) electrons. The monoisotopic (exact) mass is 322 g/mol. The normalized spacial score (nSPS) is 37.2. The van der Waals surface area contributed by atoms with Crippen molar-refractivity contribution in [2.75, 3.05) is 6.61 Å². The highest BCUT2D eigenvalue weighted by Crippen LogP contribution is 2.41.